The number of hydrogen-bond acceptors (Lipinski definition) is 1. The molecule has 2 rings (SSSR count). The van der Waals surface area contributed by atoms with Gasteiger partial charge in [-0.15, -0.1) is 0 Å². The fourth-order valence-electron chi connectivity index (χ4n) is 1.31. The SMILES string of the molecule is CC1=C(Br)C=C2C=CC=CC=C2N1. The van der Waals surface area contributed by atoms with E-state index in [1.165, 1.54) is 5.57 Å². The maximum atomic E-state index is 3.50. The van der Waals surface area contributed by atoms with Gasteiger partial charge in [0.15, 0.2) is 0 Å². The molecular formula is C11H10BrN. The van der Waals surface area contributed by atoms with Gasteiger partial charge in [-0.1, -0.05) is 24.3 Å². The maximum absolute atomic E-state index is 3.50. The maximum Gasteiger partial charge on any atom is 0.0456 e. The number of hydrogen-bond donors (Lipinski definition) is 1. The zero-order valence-electron chi connectivity index (χ0n) is 7.34. The molecule has 0 spiro atoms. The molecule has 0 fully saturated rings. The average molecular weight is 236 g/mol. The van der Waals surface area contributed by atoms with Crippen molar-refractivity contribution in [3.05, 3.63) is 57.9 Å². The quantitative estimate of drug-likeness (QED) is 0.681. The molecule has 0 saturated carbocycles. The monoisotopic (exact) mass is 235 g/mol. The molecule has 2 aliphatic rings. The Morgan fingerprint density at radius 3 is 2.92 bits per heavy atom. The summed E-state index contributed by atoms with van der Waals surface area (Å²) in [5, 5.41) is 3.33. The Morgan fingerprint density at radius 1 is 1.23 bits per heavy atom. The smallest absolute Gasteiger partial charge is 0.0456 e. The van der Waals surface area contributed by atoms with Crippen LogP contribution in [0.4, 0.5) is 0 Å². The second-order valence-corrected chi connectivity index (χ2v) is 3.88. The van der Waals surface area contributed by atoms with Gasteiger partial charge in [0.1, 0.15) is 0 Å². The Kier molecular flexibility index (Phi) is 2.23. The Labute approximate surface area is 86.3 Å². The lowest BCUT2D eigenvalue weighted by atomic mass is 10.1. The lowest BCUT2D eigenvalue weighted by Crippen LogP contribution is -2.16. The third-order valence-electron chi connectivity index (χ3n) is 2.03. The molecule has 1 aliphatic carbocycles. The summed E-state index contributed by atoms with van der Waals surface area (Å²) in [6, 6.07) is 0. The van der Waals surface area contributed by atoms with Gasteiger partial charge in [-0.25, -0.2) is 0 Å². The first kappa shape index (κ1) is 8.57. The predicted molar refractivity (Wildman–Crippen MR) is 59.2 cm³/mol. The minimum atomic E-state index is 1.12. The summed E-state index contributed by atoms with van der Waals surface area (Å²) >= 11 is 3.50. The predicted octanol–water partition coefficient (Wildman–Crippen LogP) is 3.15. The van der Waals surface area contributed by atoms with Crippen LogP contribution in [0.5, 0.6) is 0 Å². The van der Waals surface area contributed by atoms with Crippen LogP contribution in [0, 0.1) is 0 Å². The van der Waals surface area contributed by atoms with Gasteiger partial charge in [-0.05, 0) is 40.6 Å². The molecule has 1 heterocycles. The second-order valence-electron chi connectivity index (χ2n) is 3.02. The third kappa shape index (κ3) is 1.68. The largest absolute Gasteiger partial charge is 0.358 e. The zero-order valence-corrected chi connectivity index (χ0v) is 8.93. The number of dihydropyridines is 1. The topological polar surface area (TPSA) is 12.0 Å². The van der Waals surface area contributed by atoms with Crippen molar-refractivity contribution in [1.29, 1.82) is 0 Å². The Morgan fingerprint density at radius 2 is 2.08 bits per heavy atom. The van der Waals surface area contributed by atoms with E-state index in [0.29, 0.717) is 0 Å². The summed E-state index contributed by atoms with van der Waals surface area (Å²) in [4.78, 5) is 0. The highest BCUT2D eigenvalue weighted by Crippen LogP contribution is 2.25. The van der Waals surface area contributed by atoms with E-state index < -0.39 is 0 Å². The van der Waals surface area contributed by atoms with Crippen molar-refractivity contribution in [2.75, 3.05) is 0 Å². The number of halogens is 1. The summed E-state index contributed by atoms with van der Waals surface area (Å²) in [5.41, 5.74) is 3.52. The fourth-order valence-corrected chi connectivity index (χ4v) is 1.65. The first-order chi connectivity index (χ1) is 6.27. The van der Waals surface area contributed by atoms with Crippen molar-refractivity contribution in [2.45, 2.75) is 6.92 Å². The van der Waals surface area contributed by atoms with Crippen molar-refractivity contribution in [3.8, 4) is 0 Å². The summed E-state index contributed by atoms with van der Waals surface area (Å²) < 4.78 is 1.12. The molecule has 0 radical (unpaired) electrons. The van der Waals surface area contributed by atoms with Crippen molar-refractivity contribution < 1.29 is 0 Å². The van der Waals surface area contributed by atoms with Crippen LogP contribution >= 0.6 is 15.9 Å². The molecular weight excluding hydrogens is 226 g/mol. The molecule has 66 valence electrons. The van der Waals surface area contributed by atoms with Crippen LogP contribution in [0.2, 0.25) is 0 Å². The highest BCUT2D eigenvalue weighted by molar-refractivity contribution is 9.11. The van der Waals surface area contributed by atoms with Crippen molar-refractivity contribution in [3.63, 3.8) is 0 Å². The van der Waals surface area contributed by atoms with Gasteiger partial charge >= 0.3 is 0 Å². The van der Waals surface area contributed by atoms with Crippen LogP contribution in [-0.2, 0) is 0 Å². The van der Waals surface area contributed by atoms with Crippen LogP contribution in [0.25, 0.3) is 0 Å². The zero-order chi connectivity index (χ0) is 9.26. The van der Waals surface area contributed by atoms with Gasteiger partial charge < -0.3 is 5.32 Å². The van der Waals surface area contributed by atoms with E-state index in [-0.39, 0.29) is 0 Å². The molecule has 13 heavy (non-hydrogen) atoms. The van der Waals surface area contributed by atoms with Crippen LogP contribution in [0.3, 0.4) is 0 Å². The van der Waals surface area contributed by atoms with Gasteiger partial charge in [-0.3, -0.25) is 0 Å². The molecule has 0 aromatic carbocycles. The average Bonchev–Trinajstić information content (AvgIpc) is 2.31. The summed E-state index contributed by atoms with van der Waals surface area (Å²) in [6.07, 6.45) is 12.4. The second kappa shape index (κ2) is 3.38. The van der Waals surface area contributed by atoms with Gasteiger partial charge in [0.05, 0.1) is 0 Å². The highest BCUT2D eigenvalue weighted by atomic mass is 79.9. The van der Waals surface area contributed by atoms with Crippen LogP contribution < -0.4 is 5.32 Å². The first-order valence-corrected chi connectivity index (χ1v) is 4.97. The molecule has 2 heteroatoms. The third-order valence-corrected chi connectivity index (χ3v) is 2.86. The van der Waals surface area contributed by atoms with Crippen molar-refractivity contribution >= 4 is 15.9 Å². The number of rotatable bonds is 0. The minimum Gasteiger partial charge on any atom is -0.358 e. The molecule has 0 unspecified atom stereocenters. The fraction of sp³-hybridized carbons (Fsp3) is 0.0909. The van der Waals surface area contributed by atoms with Gasteiger partial charge in [-0.2, -0.15) is 0 Å². The summed E-state index contributed by atoms with van der Waals surface area (Å²) in [7, 11) is 0. The highest BCUT2D eigenvalue weighted by Gasteiger charge is 2.10. The van der Waals surface area contributed by atoms with E-state index in [2.05, 4.69) is 46.4 Å². The molecule has 1 nitrogen and oxygen atoms in total. The van der Waals surface area contributed by atoms with Crippen molar-refractivity contribution in [1.82, 2.24) is 5.32 Å². The van der Waals surface area contributed by atoms with E-state index in [9.17, 15) is 0 Å². The Bertz CT molecular complexity index is 381. The molecule has 0 saturated heterocycles. The van der Waals surface area contributed by atoms with Crippen molar-refractivity contribution in [2.24, 2.45) is 0 Å². The number of allylic oxidation sites excluding steroid dienone is 8. The van der Waals surface area contributed by atoms with Gasteiger partial charge in [0, 0.05) is 15.9 Å². The first-order valence-electron chi connectivity index (χ1n) is 4.18. The summed E-state index contributed by atoms with van der Waals surface area (Å²) in [6.45, 7) is 2.05. The Hall–Kier alpha value is -1.02. The van der Waals surface area contributed by atoms with E-state index >= 15 is 0 Å². The molecule has 0 aromatic heterocycles. The Balaban J connectivity index is 2.47. The van der Waals surface area contributed by atoms with E-state index in [4.69, 9.17) is 0 Å². The van der Waals surface area contributed by atoms with E-state index in [1.807, 2.05) is 18.2 Å². The molecule has 0 amide bonds. The lowest BCUT2D eigenvalue weighted by molar-refractivity contribution is 0.968. The van der Waals surface area contributed by atoms with Gasteiger partial charge in [0.25, 0.3) is 0 Å². The molecule has 0 aromatic rings. The molecule has 0 atom stereocenters. The van der Waals surface area contributed by atoms with Gasteiger partial charge in [0.2, 0.25) is 0 Å². The van der Waals surface area contributed by atoms with Crippen LogP contribution in [0.1, 0.15) is 6.92 Å². The lowest BCUT2D eigenvalue weighted by Gasteiger charge is -2.17. The van der Waals surface area contributed by atoms with Crippen LogP contribution in [0.15, 0.2) is 57.9 Å². The van der Waals surface area contributed by atoms with E-state index in [1.54, 1.807) is 0 Å². The van der Waals surface area contributed by atoms with Crippen LogP contribution in [-0.4, -0.2) is 0 Å². The number of nitrogens with one attached hydrogen (secondary N) is 1. The van der Waals surface area contributed by atoms with E-state index in [0.717, 1.165) is 15.9 Å². The molecule has 1 aliphatic heterocycles. The molecule has 1 N–H and O–H groups in total. The standard InChI is InChI=1S/C11H10BrN/c1-8-10(12)7-9-5-3-2-4-6-11(9)13-8/h2-7,13H,1H3. The molecule has 0 bridgehead atoms. The minimum absolute atomic E-state index is 1.12. The number of fused-ring (bicyclic) bond motifs is 1. The summed E-state index contributed by atoms with van der Waals surface area (Å²) in [5.74, 6) is 0. The normalized spacial score (nSPS) is 20.2.